The molecule has 3 rings (SSSR count). The Kier molecular flexibility index (Phi) is 3.67. The van der Waals surface area contributed by atoms with Crippen molar-refractivity contribution in [2.24, 2.45) is 11.8 Å². The smallest absolute Gasteiger partial charge is 0.00768 e. The van der Waals surface area contributed by atoms with E-state index < -0.39 is 0 Å². The van der Waals surface area contributed by atoms with E-state index in [1.807, 2.05) is 0 Å². The second-order valence-corrected chi connectivity index (χ2v) is 5.65. The number of hydrogen-bond donors (Lipinski definition) is 2. The van der Waals surface area contributed by atoms with Gasteiger partial charge in [-0.3, -0.25) is 0 Å². The summed E-state index contributed by atoms with van der Waals surface area (Å²) in [5, 5.41) is 6.97. The Labute approximate surface area is 110 Å². The van der Waals surface area contributed by atoms with Crippen molar-refractivity contribution < 1.29 is 0 Å². The molecule has 3 unspecified atom stereocenters. The Bertz CT molecular complexity index is 402. The topological polar surface area (TPSA) is 24.1 Å². The van der Waals surface area contributed by atoms with Crippen LogP contribution in [0.3, 0.4) is 0 Å². The van der Waals surface area contributed by atoms with Crippen molar-refractivity contribution in [1.82, 2.24) is 10.6 Å². The van der Waals surface area contributed by atoms with E-state index in [9.17, 15) is 0 Å². The van der Waals surface area contributed by atoms with Crippen LogP contribution in [0.25, 0.3) is 0 Å². The highest BCUT2D eigenvalue weighted by molar-refractivity contribution is 5.39. The molecule has 0 aromatic heterocycles. The molecule has 0 aliphatic heterocycles. The van der Waals surface area contributed by atoms with E-state index in [0.29, 0.717) is 0 Å². The Balaban J connectivity index is 1.51. The summed E-state index contributed by atoms with van der Waals surface area (Å²) in [7, 11) is 0. The van der Waals surface area contributed by atoms with Gasteiger partial charge >= 0.3 is 0 Å². The monoisotopic (exact) mass is 244 g/mol. The Morgan fingerprint density at radius 2 is 2.00 bits per heavy atom. The third kappa shape index (κ3) is 2.32. The first kappa shape index (κ1) is 12.2. The van der Waals surface area contributed by atoms with Gasteiger partial charge in [0.25, 0.3) is 0 Å². The number of nitrogens with one attached hydrogen (secondary N) is 2. The molecule has 3 atom stereocenters. The molecule has 2 nitrogen and oxygen atoms in total. The molecule has 2 heteroatoms. The zero-order valence-corrected chi connectivity index (χ0v) is 11.3. The van der Waals surface area contributed by atoms with Gasteiger partial charge in [0, 0.05) is 13.1 Å². The molecule has 1 aromatic carbocycles. The zero-order valence-electron chi connectivity index (χ0n) is 11.3. The van der Waals surface area contributed by atoms with Crippen molar-refractivity contribution in [2.45, 2.75) is 25.7 Å². The van der Waals surface area contributed by atoms with Crippen LogP contribution in [0.4, 0.5) is 0 Å². The fourth-order valence-electron chi connectivity index (χ4n) is 3.61. The normalized spacial score (nSPS) is 28.6. The van der Waals surface area contributed by atoms with Crippen molar-refractivity contribution >= 4 is 0 Å². The minimum absolute atomic E-state index is 0.863. The SMILES string of the molecule is CCNCCNCC1C2CCc3ccccc3C21. The lowest BCUT2D eigenvalue weighted by molar-refractivity contribution is 0.563. The van der Waals surface area contributed by atoms with Crippen molar-refractivity contribution in [2.75, 3.05) is 26.2 Å². The Hall–Kier alpha value is -0.860. The van der Waals surface area contributed by atoms with E-state index in [0.717, 1.165) is 37.4 Å². The van der Waals surface area contributed by atoms with Gasteiger partial charge in [0.05, 0.1) is 0 Å². The van der Waals surface area contributed by atoms with Crippen molar-refractivity contribution in [3.63, 3.8) is 0 Å². The average molecular weight is 244 g/mol. The van der Waals surface area contributed by atoms with Gasteiger partial charge in [0.2, 0.25) is 0 Å². The molecule has 0 spiro atoms. The second-order valence-electron chi connectivity index (χ2n) is 5.65. The Morgan fingerprint density at radius 1 is 1.17 bits per heavy atom. The number of rotatable bonds is 6. The molecule has 0 bridgehead atoms. The van der Waals surface area contributed by atoms with Gasteiger partial charge in [0.15, 0.2) is 0 Å². The summed E-state index contributed by atoms with van der Waals surface area (Å²) in [6.45, 7) is 6.63. The molecule has 2 aliphatic rings. The van der Waals surface area contributed by atoms with Crippen LogP contribution in [0, 0.1) is 11.8 Å². The predicted molar refractivity (Wildman–Crippen MR) is 75.9 cm³/mol. The fraction of sp³-hybridized carbons (Fsp3) is 0.625. The summed E-state index contributed by atoms with van der Waals surface area (Å²) in [4.78, 5) is 0. The molecule has 2 N–H and O–H groups in total. The standard InChI is InChI=1S/C16H24N2/c1-2-17-9-10-18-11-15-14-8-7-12-5-3-4-6-13(12)16(14)15/h3-6,14-18H,2,7-11H2,1H3. The van der Waals surface area contributed by atoms with Gasteiger partial charge in [0.1, 0.15) is 0 Å². The second kappa shape index (κ2) is 5.41. The maximum atomic E-state index is 3.61. The van der Waals surface area contributed by atoms with Crippen LogP contribution in [-0.2, 0) is 6.42 Å². The van der Waals surface area contributed by atoms with Crippen LogP contribution in [-0.4, -0.2) is 26.2 Å². The summed E-state index contributed by atoms with van der Waals surface area (Å²) in [5.74, 6) is 2.73. The summed E-state index contributed by atoms with van der Waals surface area (Å²) < 4.78 is 0. The molecule has 0 saturated heterocycles. The van der Waals surface area contributed by atoms with Crippen LogP contribution in [0.5, 0.6) is 0 Å². The number of hydrogen-bond acceptors (Lipinski definition) is 2. The molecule has 0 heterocycles. The first-order valence-corrected chi connectivity index (χ1v) is 7.41. The third-order valence-electron chi connectivity index (χ3n) is 4.60. The molecule has 2 aliphatic carbocycles. The quantitative estimate of drug-likeness (QED) is 0.749. The summed E-state index contributed by atoms with van der Waals surface area (Å²) in [5.41, 5.74) is 3.25. The molecule has 0 amide bonds. The van der Waals surface area contributed by atoms with E-state index >= 15 is 0 Å². The number of likely N-dealkylation sites (N-methyl/N-ethyl adjacent to an activating group) is 1. The maximum absolute atomic E-state index is 3.61. The van der Waals surface area contributed by atoms with E-state index in [-0.39, 0.29) is 0 Å². The maximum Gasteiger partial charge on any atom is 0.00768 e. The van der Waals surface area contributed by atoms with Gasteiger partial charge in [-0.1, -0.05) is 31.2 Å². The van der Waals surface area contributed by atoms with Crippen LogP contribution in [0.15, 0.2) is 24.3 Å². The molecular weight excluding hydrogens is 220 g/mol. The largest absolute Gasteiger partial charge is 0.316 e. The van der Waals surface area contributed by atoms with Crippen LogP contribution in [0.2, 0.25) is 0 Å². The predicted octanol–water partition coefficient (Wildman–Crippen LogP) is 2.16. The number of aryl methyl sites for hydroxylation is 1. The van der Waals surface area contributed by atoms with E-state index in [1.165, 1.54) is 19.4 Å². The van der Waals surface area contributed by atoms with E-state index in [2.05, 4.69) is 41.8 Å². The first-order chi connectivity index (χ1) is 8.92. The van der Waals surface area contributed by atoms with Gasteiger partial charge in [-0.2, -0.15) is 0 Å². The highest BCUT2D eigenvalue weighted by atomic mass is 14.9. The van der Waals surface area contributed by atoms with Gasteiger partial charge in [-0.05, 0) is 54.8 Å². The van der Waals surface area contributed by atoms with Crippen LogP contribution in [0.1, 0.15) is 30.4 Å². The van der Waals surface area contributed by atoms with E-state index in [1.54, 1.807) is 11.1 Å². The number of fused-ring (bicyclic) bond motifs is 3. The lowest BCUT2D eigenvalue weighted by atomic mass is 9.92. The van der Waals surface area contributed by atoms with Crippen LogP contribution < -0.4 is 10.6 Å². The lowest BCUT2D eigenvalue weighted by Gasteiger charge is -2.13. The van der Waals surface area contributed by atoms with Crippen LogP contribution >= 0.6 is 0 Å². The molecule has 1 aromatic rings. The summed E-state index contributed by atoms with van der Waals surface area (Å²) in [6.07, 6.45) is 2.70. The third-order valence-corrected chi connectivity index (χ3v) is 4.60. The number of benzene rings is 1. The summed E-state index contributed by atoms with van der Waals surface area (Å²) >= 11 is 0. The highest BCUT2D eigenvalue weighted by Crippen LogP contribution is 2.59. The van der Waals surface area contributed by atoms with Crippen molar-refractivity contribution in [3.8, 4) is 0 Å². The molecule has 98 valence electrons. The first-order valence-electron chi connectivity index (χ1n) is 7.41. The lowest BCUT2D eigenvalue weighted by Crippen LogP contribution is -2.28. The van der Waals surface area contributed by atoms with Gasteiger partial charge in [-0.25, -0.2) is 0 Å². The van der Waals surface area contributed by atoms with E-state index in [4.69, 9.17) is 0 Å². The Morgan fingerprint density at radius 3 is 2.89 bits per heavy atom. The molecule has 1 fully saturated rings. The minimum Gasteiger partial charge on any atom is -0.316 e. The van der Waals surface area contributed by atoms with Gasteiger partial charge in [-0.15, -0.1) is 0 Å². The zero-order chi connectivity index (χ0) is 12.4. The summed E-state index contributed by atoms with van der Waals surface area (Å²) in [6, 6.07) is 9.06. The fourth-order valence-corrected chi connectivity index (χ4v) is 3.61. The van der Waals surface area contributed by atoms with Crippen molar-refractivity contribution in [1.29, 1.82) is 0 Å². The molecule has 1 saturated carbocycles. The molecular formula is C16H24N2. The van der Waals surface area contributed by atoms with Gasteiger partial charge < -0.3 is 10.6 Å². The molecule has 0 radical (unpaired) electrons. The average Bonchev–Trinajstić information content (AvgIpc) is 3.13. The van der Waals surface area contributed by atoms with Crippen molar-refractivity contribution in [3.05, 3.63) is 35.4 Å². The minimum atomic E-state index is 0.863. The highest BCUT2D eigenvalue weighted by Gasteiger charge is 2.52. The molecule has 18 heavy (non-hydrogen) atoms.